The fourth-order valence-electron chi connectivity index (χ4n) is 2.91. The van der Waals surface area contributed by atoms with Crippen LogP contribution < -0.4 is 0 Å². The molecule has 3 unspecified atom stereocenters. The van der Waals surface area contributed by atoms with E-state index < -0.39 is 7.20 Å². The Morgan fingerprint density at radius 1 is 0.818 bits per heavy atom. The van der Waals surface area contributed by atoms with E-state index in [4.69, 9.17) is 0 Å². The molecule has 2 heteroatoms. The van der Waals surface area contributed by atoms with E-state index >= 15 is 0 Å². The standard InChI is InChI=1S/C20H21IS/c1-16-12-14-19(15-13-16)22(21,18-9-4-3-5-10-18)20-11-7-6-8-17(20)2/h3-15,17,20H,1-2H3. The van der Waals surface area contributed by atoms with Gasteiger partial charge in [-0.1, -0.05) is 67.1 Å². The third kappa shape index (κ3) is 2.91. The summed E-state index contributed by atoms with van der Waals surface area (Å²) in [6.07, 6.45) is 9.13. The van der Waals surface area contributed by atoms with Gasteiger partial charge in [0, 0.05) is 15.0 Å². The topological polar surface area (TPSA) is 0 Å². The van der Waals surface area contributed by atoms with Gasteiger partial charge in [-0.05, 0) is 58.3 Å². The minimum atomic E-state index is -1.13. The Morgan fingerprint density at radius 3 is 2.05 bits per heavy atom. The quantitative estimate of drug-likeness (QED) is 0.485. The maximum Gasteiger partial charge on any atom is 0.0295 e. The first-order valence-electron chi connectivity index (χ1n) is 7.61. The van der Waals surface area contributed by atoms with Crippen molar-refractivity contribution in [2.45, 2.75) is 28.9 Å². The summed E-state index contributed by atoms with van der Waals surface area (Å²) < 4.78 is 0. The lowest BCUT2D eigenvalue weighted by Gasteiger charge is -2.43. The second kappa shape index (κ2) is 6.63. The molecule has 0 bridgehead atoms. The van der Waals surface area contributed by atoms with Crippen molar-refractivity contribution in [3.05, 3.63) is 84.5 Å². The van der Waals surface area contributed by atoms with Crippen molar-refractivity contribution < 1.29 is 0 Å². The first-order chi connectivity index (χ1) is 10.6. The molecule has 114 valence electrons. The molecule has 22 heavy (non-hydrogen) atoms. The van der Waals surface area contributed by atoms with Crippen LogP contribution in [0, 0.1) is 12.8 Å². The van der Waals surface area contributed by atoms with E-state index in [1.165, 1.54) is 15.4 Å². The van der Waals surface area contributed by atoms with Crippen LogP contribution in [-0.4, -0.2) is 5.25 Å². The van der Waals surface area contributed by atoms with Crippen LogP contribution >= 0.6 is 28.4 Å². The largest absolute Gasteiger partial charge is 0.126 e. The van der Waals surface area contributed by atoms with Crippen molar-refractivity contribution >= 4 is 28.4 Å². The number of benzene rings is 2. The van der Waals surface area contributed by atoms with Gasteiger partial charge < -0.3 is 0 Å². The number of allylic oxidation sites excluding steroid dienone is 3. The molecule has 0 fully saturated rings. The van der Waals surface area contributed by atoms with Crippen molar-refractivity contribution in [2.24, 2.45) is 5.92 Å². The van der Waals surface area contributed by atoms with Crippen LogP contribution in [0.3, 0.4) is 0 Å². The molecule has 3 rings (SSSR count). The Labute approximate surface area is 147 Å². The summed E-state index contributed by atoms with van der Waals surface area (Å²) >= 11 is 2.75. The first-order valence-corrected chi connectivity index (χ1v) is 11.8. The van der Waals surface area contributed by atoms with Crippen LogP contribution in [0.2, 0.25) is 0 Å². The molecule has 0 aliphatic heterocycles. The third-order valence-electron chi connectivity index (χ3n) is 4.17. The minimum Gasteiger partial charge on any atom is -0.126 e. The van der Waals surface area contributed by atoms with E-state index in [2.05, 4.69) is 114 Å². The number of rotatable bonds is 3. The van der Waals surface area contributed by atoms with E-state index in [1.54, 1.807) is 0 Å². The molecule has 1 aliphatic carbocycles. The molecule has 0 saturated carbocycles. The summed E-state index contributed by atoms with van der Waals surface area (Å²) in [5.74, 6) is 0.554. The summed E-state index contributed by atoms with van der Waals surface area (Å²) in [4.78, 5) is 2.91. The van der Waals surface area contributed by atoms with Crippen LogP contribution in [0.4, 0.5) is 0 Å². The third-order valence-corrected chi connectivity index (χ3v) is 12.2. The normalized spacial score (nSPS) is 24.7. The Hall–Kier alpha value is -1.00. The molecule has 2 aromatic rings. The number of halogens is 1. The number of aryl methyl sites for hydroxylation is 1. The van der Waals surface area contributed by atoms with Gasteiger partial charge >= 0.3 is 0 Å². The average Bonchev–Trinajstić information content (AvgIpc) is 2.56. The van der Waals surface area contributed by atoms with Crippen molar-refractivity contribution in [2.75, 3.05) is 0 Å². The summed E-state index contributed by atoms with van der Waals surface area (Å²) in [5.41, 5.74) is 1.32. The molecule has 0 N–H and O–H groups in total. The lowest BCUT2D eigenvalue weighted by atomic mass is 10.0. The van der Waals surface area contributed by atoms with Gasteiger partial charge in [-0.15, -0.1) is 7.20 Å². The van der Waals surface area contributed by atoms with Gasteiger partial charge in [-0.25, -0.2) is 0 Å². The first kappa shape index (κ1) is 15.9. The minimum absolute atomic E-state index is 0.531. The molecule has 0 radical (unpaired) electrons. The van der Waals surface area contributed by atoms with E-state index in [9.17, 15) is 0 Å². The molecular formula is C20H21IS. The second-order valence-electron chi connectivity index (χ2n) is 5.80. The summed E-state index contributed by atoms with van der Waals surface area (Å²) in [7, 11) is -1.13. The number of hydrogen-bond acceptors (Lipinski definition) is 0. The molecule has 0 aromatic heterocycles. The Kier molecular flexibility index (Phi) is 4.79. The molecule has 1 aliphatic rings. The summed E-state index contributed by atoms with van der Waals surface area (Å²) in [5, 5.41) is 0.531. The van der Waals surface area contributed by atoms with Gasteiger partial charge in [0.2, 0.25) is 0 Å². The molecule has 0 amide bonds. The zero-order chi connectivity index (χ0) is 15.6. The van der Waals surface area contributed by atoms with Crippen LogP contribution in [0.1, 0.15) is 12.5 Å². The lowest BCUT2D eigenvalue weighted by Crippen LogP contribution is -2.21. The van der Waals surface area contributed by atoms with Crippen LogP contribution in [-0.2, 0) is 0 Å². The van der Waals surface area contributed by atoms with Crippen molar-refractivity contribution in [3.63, 3.8) is 0 Å². The fourth-order valence-corrected chi connectivity index (χ4v) is 9.54. The molecule has 0 nitrogen and oxygen atoms in total. The van der Waals surface area contributed by atoms with Crippen molar-refractivity contribution in [1.82, 2.24) is 0 Å². The Morgan fingerprint density at radius 2 is 1.41 bits per heavy atom. The molecule has 3 atom stereocenters. The van der Waals surface area contributed by atoms with E-state index in [0.29, 0.717) is 11.2 Å². The molecule has 0 heterocycles. The lowest BCUT2D eigenvalue weighted by molar-refractivity contribution is 0.746. The van der Waals surface area contributed by atoms with Gasteiger partial charge in [-0.3, -0.25) is 0 Å². The van der Waals surface area contributed by atoms with Gasteiger partial charge in [0.1, 0.15) is 0 Å². The molecule has 0 spiro atoms. The second-order valence-corrected chi connectivity index (χ2v) is 12.6. The highest BCUT2D eigenvalue weighted by Crippen LogP contribution is 2.74. The predicted molar refractivity (Wildman–Crippen MR) is 107 cm³/mol. The highest BCUT2D eigenvalue weighted by atomic mass is 127. The van der Waals surface area contributed by atoms with Crippen molar-refractivity contribution in [3.8, 4) is 0 Å². The fraction of sp³-hybridized carbons (Fsp3) is 0.200. The van der Waals surface area contributed by atoms with Crippen LogP contribution in [0.5, 0.6) is 0 Å². The summed E-state index contributed by atoms with van der Waals surface area (Å²) in [6, 6.07) is 20.1. The maximum atomic E-state index is 2.75. The van der Waals surface area contributed by atoms with Crippen molar-refractivity contribution in [1.29, 1.82) is 0 Å². The smallest absolute Gasteiger partial charge is 0.0295 e. The monoisotopic (exact) mass is 420 g/mol. The van der Waals surface area contributed by atoms with Gasteiger partial charge in [0.15, 0.2) is 0 Å². The highest BCUT2D eigenvalue weighted by molar-refractivity contribution is 14.2. The van der Waals surface area contributed by atoms with Crippen LogP contribution in [0.25, 0.3) is 0 Å². The van der Waals surface area contributed by atoms with E-state index in [1.807, 2.05) is 0 Å². The van der Waals surface area contributed by atoms with E-state index in [-0.39, 0.29) is 0 Å². The highest BCUT2D eigenvalue weighted by Gasteiger charge is 2.36. The van der Waals surface area contributed by atoms with Gasteiger partial charge in [0.05, 0.1) is 0 Å². The number of hydrogen-bond donors (Lipinski definition) is 0. The Bertz CT molecular complexity index is 687. The zero-order valence-electron chi connectivity index (χ0n) is 12.9. The van der Waals surface area contributed by atoms with Crippen LogP contribution in [0.15, 0.2) is 88.7 Å². The average molecular weight is 420 g/mol. The van der Waals surface area contributed by atoms with Gasteiger partial charge in [0.25, 0.3) is 0 Å². The Balaban J connectivity index is 2.16. The molecular weight excluding hydrogens is 399 g/mol. The predicted octanol–water partition coefficient (Wildman–Crippen LogP) is 6.70. The molecule has 0 saturated heterocycles. The molecule has 2 aromatic carbocycles. The maximum absolute atomic E-state index is 2.75. The van der Waals surface area contributed by atoms with E-state index in [0.717, 1.165) is 0 Å². The summed E-state index contributed by atoms with van der Waals surface area (Å²) in [6.45, 7) is 4.49. The SMILES string of the molecule is Cc1ccc(S(I)(c2ccccc2)C2C=CC=CC2C)cc1. The van der Waals surface area contributed by atoms with Gasteiger partial charge in [-0.2, -0.15) is 0 Å². The zero-order valence-corrected chi connectivity index (χ0v) is 15.9.